The lowest BCUT2D eigenvalue weighted by atomic mass is 9.93. The van der Waals surface area contributed by atoms with Crippen molar-refractivity contribution in [3.8, 4) is 0 Å². The number of likely N-dealkylation sites (N-methyl/N-ethyl adjacent to an activating group) is 1. The summed E-state index contributed by atoms with van der Waals surface area (Å²) in [6.45, 7) is 5.42. The standard InChI is InChI=1S/C16H19FN2O/c1-3-19(4-2)15(20)16(7-8-16)13-10-18-14-6-5-11(17)9-12(13)14/h5-6,9-10,18H,3-4,7-8H2,1-2H3. The topological polar surface area (TPSA) is 36.1 Å². The molecule has 1 saturated carbocycles. The number of nitrogens with one attached hydrogen (secondary N) is 1. The molecule has 2 aromatic rings. The third kappa shape index (κ3) is 1.82. The van der Waals surface area contributed by atoms with Gasteiger partial charge in [-0.25, -0.2) is 4.39 Å². The van der Waals surface area contributed by atoms with Gasteiger partial charge in [-0.15, -0.1) is 0 Å². The average molecular weight is 274 g/mol. The Balaban J connectivity index is 2.06. The van der Waals surface area contributed by atoms with Crippen molar-refractivity contribution in [1.82, 2.24) is 9.88 Å². The van der Waals surface area contributed by atoms with Crippen LogP contribution in [0.5, 0.6) is 0 Å². The number of nitrogens with zero attached hydrogens (tertiary/aromatic N) is 1. The number of hydrogen-bond acceptors (Lipinski definition) is 1. The number of aromatic nitrogens is 1. The number of H-pyrrole nitrogens is 1. The van der Waals surface area contributed by atoms with Crippen LogP contribution in [-0.2, 0) is 10.2 Å². The fraction of sp³-hybridized carbons (Fsp3) is 0.438. The van der Waals surface area contributed by atoms with Gasteiger partial charge in [-0.3, -0.25) is 4.79 Å². The summed E-state index contributed by atoms with van der Waals surface area (Å²) in [6, 6.07) is 4.69. The maximum atomic E-state index is 13.5. The van der Waals surface area contributed by atoms with Crippen molar-refractivity contribution in [2.24, 2.45) is 0 Å². The van der Waals surface area contributed by atoms with E-state index < -0.39 is 5.41 Å². The summed E-state index contributed by atoms with van der Waals surface area (Å²) >= 11 is 0. The molecule has 3 nitrogen and oxygen atoms in total. The molecule has 3 rings (SSSR count). The molecule has 0 saturated heterocycles. The molecule has 0 atom stereocenters. The summed E-state index contributed by atoms with van der Waals surface area (Å²) in [7, 11) is 0. The first-order valence-electron chi connectivity index (χ1n) is 7.19. The third-order valence-electron chi connectivity index (χ3n) is 4.37. The van der Waals surface area contributed by atoms with Gasteiger partial charge in [0.05, 0.1) is 5.41 Å². The first-order chi connectivity index (χ1) is 9.62. The second-order valence-corrected chi connectivity index (χ2v) is 5.45. The Morgan fingerprint density at radius 3 is 2.65 bits per heavy atom. The van der Waals surface area contributed by atoms with E-state index >= 15 is 0 Å². The van der Waals surface area contributed by atoms with Crippen molar-refractivity contribution in [3.05, 3.63) is 35.8 Å². The summed E-state index contributed by atoms with van der Waals surface area (Å²) < 4.78 is 13.5. The zero-order chi connectivity index (χ0) is 14.3. The Bertz CT molecular complexity index is 654. The molecule has 1 fully saturated rings. The van der Waals surface area contributed by atoms with Crippen LogP contribution in [-0.4, -0.2) is 28.9 Å². The maximum Gasteiger partial charge on any atom is 0.233 e. The SMILES string of the molecule is CCN(CC)C(=O)C1(c2c[nH]c3ccc(F)cc23)CC1. The van der Waals surface area contributed by atoms with Gasteiger partial charge >= 0.3 is 0 Å². The van der Waals surface area contributed by atoms with Crippen LogP contribution >= 0.6 is 0 Å². The molecule has 20 heavy (non-hydrogen) atoms. The van der Waals surface area contributed by atoms with Crippen molar-refractivity contribution >= 4 is 16.8 Å². The number of fused-ring (bicyclic) bond motifs is 1. The van der Waals surface area contributed by atoms with E-state index in [9.17, 15) is 9.18 Å². The Morgan fingerprint density at radius 1 is 1.35 bits per heavy atom. The number of rotatable bonds is 4. The van der Waals surface area contributed by atoms with E-state index in [1.165, 1.54) is 12.1 Å². The Morgan fingerprint density at radius 2 is 2.05 bits per heavy atom. The number of aromatic amines is 1. The van der Waals surface area contributed by atoms with E-state index in [4.69, 9.17) is 0 Å². The second kappa shape index (κ2) is 4.62. The summed E-state index contributed by atoms with van der Waals surface area (Å²) in [6.07, 6.45) is 3.58. The van der Waals surface area contributed by atoms with Crippen LogP contribution in [0.1, 0.15) is 32.3 Å². The van der Waals surface area contributed by atoms with Crippen molar-refractivity contribution in [2.75, 3.05) is 13.1 Å². The molecule has 106 valence electrons. The van der Waals surface area contributed by atoms with Gasteiger partial charge in [-0.05, 0) is 50.5 Å². The van der Waals surface area contributed by atoms with Gasteiger partial charge in [-0.2, -0.15) is 0 Å². The van der Waals surface area contributed by atoms with Gasteiger partial charge in [0.2, 0.25) is 5.91 Å². The molecule has 1 amide bonds. The number of hydrogen-bond donors (Lipinski definition) is 1. The molecule has 1 aromatic heterocycles. The van der Waals surface area contributed by atoms with E-state index in [1.807, 2.05) is 24.9 Å². The number of halogens is 1. The van der Waals surface area contributed by atoms with E-state index in [0.717, 1.165) is 29.3 Å². The van der Waals surface area contributed by atoms with E-state index in [0.29, 0.717) is 13.1 Å². The molecule has 0 unspecified atom stereocenters. The van der Waals surface area contributed by atoms with Gasteiger partial charge in [0.25, 0.3) is 0 Å². The van der Waals surface area contributed by atoms with E-state index in [1.54, 1.807) is 6.07 Å². The van der Waals surface area contributed by atoms with Crippen molar-refractivity contribution < 1.29 is 9.18 Å². The highest BCUT2D eigenvalue weighted by molar-refractivity contribution is 5.97. The fourth-order valence-corrected chi connectivity index (χ4v) is 3.03. The monoisotopic (exact) mass is 274 g/mol. The van der Waals surface area contributed by atoms with Gasteiger partial charge in [0, 0.05) is 30.2 Å². The number of amides is 1. The molecule has 0 spiro atoms. The Labute approximate surface area is 117 Å². The predicted molar refractivity (Wildman–Crippen MR) is 77.1 cm³/mol. The maximum absolute atomic E-state index is 13.5. The normalized spacial score (nSPS) is 16.4. The third-order valence-corrected chi connectivity index (χ3v) is 4.37. The van der Waals surface area contributed by atoms with Crippen LogP contribution < -0.4 is 0 Å². The van der Waals surface area contributed by atoms with Crippen LogP contribution in [0.15, 0.2) is 24.4 Å². The largest absolute Gasteiger partial charge is 0.361 e. The fourth-order valence-electron chi connectivity index (χ4n) is 3.03. The first-order valence-corrected chi connectivity index (χ1v) is 7.19. The van der Waals surface area contributed by atoms with E-state index in [-0.39, 0.29) is 11.7 Å². The summed E-state index contributed by atoms with van der Waals surface area (Å²) in [4.78, 5) is 17.8. The highest BCUT2D eigenvalue weighted by Crippen LogP contribution is 2.51. The lowest BCUT2D eigenvalue weighted by Gasteiger charge is -2.24. The molecule has 1 heterocycles. The Kier molecular flexibility index (Phi) is 3.04. The van der Waals surface area contributed by atoms with Crippen LogP contribution in [0.25, 0.3) is 10.9 Å². The molecule has 0 bridgehead atoms. The molecule has 1 N–H and O–H groups in total. The minimum atomic E-state index is -0.432. The number of benzene rings is 1. The highest BCUT2D eigenvalue weighted by atomic mass is 19.1. The zero-order valence-corrected chi connectivity index (χ0v) is 11.9. The van der Waals surface area contributed by atoms with Crippen LogP contribution in [0.4, 0.5) is 4.39 Å². The molecular weight excluding hydrogens is 255 g/mol. The second-order valence-electron chi connectivity index (χ2n) is 5.45. The lowest BCUT2D eigenvalue weighted by Crippen LogP contribution is -2.39. The quantitative estimate of drug-likeness (QED) is 0.913. The molecule has 0 radical (unpaired) electrons. The van der Waals surface area contributed by atoms with Crippen molar-refractivity contribution in [2.45, 2.75) is 32.1 Å². The average Bonchev–Trinajstić information content (AvgIpc) is 3.15. The molecule has 4 heteroatoms. The molecule has 1 aliphatic carbocycles. The van der Waals surface area contributed by atoms with Crippen LogP contribution in [0.3, 0.4) is 0 Å². The smallest absolute Gasteiger partial charge is 0.233 e. The lowest BCUT2D eigenvalue weighted by molar-refractivity contribution is -0.133. The molecule has 1 aromatic carbocycles. The zero-order valence-electron chi connectivity index (χ0n) is 11.9. The highest BCUT2D eigenvalue weighted by Gasteiger charge is 2.53. The number of carbonyl (C=O) groups excluding carboxylic acids is 1. The van der Waals surface area contributed by atoms with Crippen LogP contribution in [0, 0.1) is 5.82 Å². The summed E-state index contributed by atoms with van der Waals surface area (Å²) in [5, 5.41) is 0.836. The van der Waals surface area contributed by atoms with Gasteiger partial charge in [0.15, 0.2) is 0 Å². The first kappa shape index (κ1) is 13.2. The number of carbonyl (C=O) groups is 1. The van der Waals surface area contributed by atoms with E-state index in [2.05, 4.69) is 4.98 Å². The molecular formula is C16H19FN2O. The van der Waals surface area contributed by atoms with Gasteiger partial charge in [0.1, 0.15) is 5.82 Å². The molecule has 0 aliphatic heterocycles. The van der Waals surface area contributed by atoms with Gasteiger partial charge in [-0.1, -0.05) is 0 Å². The van der Waals surface area contributed by atoms with Crippen molar-refractivity contribution in [3.63, 3.8) is 0 Å². The predicted octanol–water partition coefficient (Wildman–Crippen LogP) is 3.21. The van der Waals surface area contributed by atoms with Crippen molar-refractivity contribution in [1.29, 1.82) is 0 Å². The Hall–Kier alpha value is -1.84. The minimum Gasteiger partial charge on any atom is -0.361 e. The molecule has 1 aliphatic rings. The van der Waals surface area contributed by atoms with Crippen LogP contribution in [0.2, 0.25) is 0 Å². The van der Waals surface area contributed by atoms with Gasteiger partial charge < -0.3 is 9.88 Å². The minimum absolute atomic E-state index is 0.174. The summed E-state index contributed by atoms with van der Waals surface area (Å²) in [5.41, 5.74) is 1.40. The summed E-state index contributed by atoms with van der Waals surface area (Å²) in [5.74, 6) is -0.0860.